The van der Waals surface area contributed by atoms with Crippen LogP contribution in [-0.2, 0) is 4.79 Å². The van der Waals surface area contributed by atoms with E-state index in [1.54, 1.807) is 60.8 Å². The molecule has 37 heavy (non-hydrogen) atoms. The highest BCUT2D eigenvalue weighted by atomic mass is 16.3. The van der Waals surface area contributed by atoms with Crippen molar-refractivity contribution in [1.82, 2.24) is 24.7 Å². The molecule has 0 saturated heterocycles. The summed E-state index contributed by atoms with van der Waals surface area (Å²) in [6, 6.07) is 18.5. The first kappa shape index (κ1) is 23.1. The quantitative estimate of drug-likeness (QED) is 0.240. The molecule has 0 aliphatic carbocycles. The van der Waals surface area contributed by atoms with Crippen LogP contribution in [0.1, 0.15) is 17.4 Å². The molecule has 0 fully saturated rings. The molecule has 12 nitrogen and oxygen atoms in total. The van der Waals surface area contributed by atoms with Gasteiger partial charge in [-0.25, -0.2) is 9.97 Å². The zero-order valence-electron chi connectivity index (χ0n) is 19.0. The number of rotatable bonds is 6. The predicted octanol–water partition coefficient (Wildman–Crippen LogP) is 3.54. The van der Waals surface area contributed by atoms with E-state index in [-0.39, 0.29) is 28.6 Å². The molecule has 0 aliphatic rings. The van der Waals surface area contributed by atoms with E-state index < -0.39 is 17.5 Å². The normalized spacial score (nSPS) is 11.9. The maximum atomic E-state index is 13.3. The summed E-state index contributed by atoms with van der Waals surface area (Å²) in [7, 11) is 0. The maximum absolute atomic E-state index is 13.3. The molecule has 3 heterocycles. The van der Waals surface area contributed by atoms with Gasteiger partial charge in [0, 0.05) is 6.20 Å². The van der Waals surface area contributed by atoms with Crippen LogP contribution in [0.2, 0.25) is 0 Å². The van der Waals surface area contributed by atoms with E-state index in [0.717, 1.165) is 0 Å². The molecule has 0 radical (unpaired) electrons. The van der Waals surface area contributed by atoms with Gasteiger partial charge in [-0.15, -0.1) is 5.11 Å². The Labute approximate surface area is 208 Å². The van der Waals surface area contributed by atoms with Crippen LogP contribution in [0.3, 0.4) is 0 Å². The van der Waals surface area contributed by atoms with Crippen LogP contribution in [0.25, 0.3) is 16.7 Å². The number of nitriles is 1. The van der Waals surface area contributed by atoms with Crippen LogP contribution in [0.5, 0.6) is 5.75 Å². The summed E-state index contributed by atoms with van der Waals surface area (Å²) in [6.45, 7) is 0. The van der Waals surface area contributed by atoms with Gasteiger partial charge < -0.3 is 15.4 Å². The van der Waals surface area contributed by atoms with Gasteiger partial charge in [0.15, 0.2) is 11.6 Å². The van der Waals surface area contributed by atoms with E-state index in [4.69, 9.17) is 0 Å². The van der Waals surface area contributed by atoms with E-state index in [1.165, 1.54) is 23.0 Å². The fourth-order valence-electron chi connectivity index (χ4n) is 3.52. The lowest BCUT2D eigenvalue weighted by Crippen LogP contribution is -2.24. The minimum Gasteiger partial charge on any atom is -0.506 e. The fraction of sp³-hybridized carbons (Fsp3) is 0.0400. The summed E-state index contributed by atoms with van der Waals surface area (Å²) in [5, 5.41) is 35.1. The van der Waals surface area contributed by atoms with Gasteiger partial charge in [-0.2, -0.15) is 20.2 Å². The Kier molecular flexibility index (Phi) is 6.16. The van der Waals surface area contributed by atoms with Gasteiger partial charge in [0.25, 0.3) is 11.5 Å². The lowest BCUT2D eigenvalue weighted by atomic mass is 10.2. The molecule has 3 aromatic heterocycles. The van der Waals surface area contributed by atoms with Gasteiger partial charge in [0.2, 0.25) is 6.04 Å². The average Bonchev–Trinajstić information content (AvgIpc) is 3.33. The van der Waals surface area contributed by atoms with Crippen LogP contribution in [0.15, 0.2) is 94.1 Å². The predicted molar refractivity (Wildman–Crippen MR) is 132 cm³/mol. The molecule has 1 atom stereocenters. The number of aromatic nitrogens is 5. The number of H-pyrrole nitrogens is 1. The topological polar surface area (TPSA) is 174 Å². The number of hydrogen-bond acceptors (Lipinski definition) is 9. The molecule has 0 spiro atoms. The number of hydrogen-bond donors (Lipinski definition) is 3. The highest BCUT2D eigenvalue weighted by molar-refractivity contribution is 5.96. The number of nitrogens with one attached hydrogen (secondary N) is 2. The molecule has 0 saturated carbocycles. The second-order valence-electron chi connectivity index (χ2n) is 7.69. The first-order chi connectivity index (χ1) is 18.0. The Morgan fingerprint density at radius 1 is 1.11 bits per heavy atom. The van der Waals surface area contributed by atoms with E-state index in [2.05, 4.69) is 35.6 Å². The summed E-state index contributed by atoms with van der Waals surface area (Å²) in [4.78, 5) is 37.3. The van der Waals surface area contributed by atoms with Crippen molar-refractivity contribution in [3.05, 3.63) is 101 Å². The van der Waals surface area contributed by atoms with Gasteiger partial charge in [-0.05, 0) is 36.4 Å². The average molecular weight is 491 g/mol. The number of nitrogens with zero attached hydrogens (tertiary/aromatic N) is 7. The van der Waals surface area contributed by atoms with Crippen molar-refractivity contribution in [3.8, 4) is 17.6 Å². The van der Waals surface area contributed by atoms with Gasteiger partial charge in [-0.3, -0.25) is 9.59 Å². The SMILES string of the molecule is N#Cc1cnn(-c2ccccn2)c1N=NC(C(=O)Nc1ccccc1O)c1nc2ccccc2c(=O)[nH]1. The fourth-order valence-corrected chi connectivity index (χ4v) is 3.52. The first-order valence-corrected chi connectivity index (χ1v) is 10.9. The summed E-state index contributed by atoms with van der Waals surface area (Å²) < 4.78 is 1.30. The van der Waals surface area contributed by atoms with E-state index in [9.17, 15) is 20.0 Å². The summed E-state index contributed by atoms with van der Waals surface area (Å²) in [5.41, 5.74) is 0.113. The molecule has 0 aliphatic heterocycles. The molecule has 180 valence electrons. The third-order valence-corrected chi connectivity index (χ3v) is 5.30. The largest absolute Gasteiger partial charge is 0.506 e. The number of benzene rings is 2. The number of fused-ring (bicyclic) bond motifs is 1. The molecule has 5 aromatic rings. The van der Waals surface area contributed by atoms with Gasteiger partial charge in [-0.1, -0.05) is 30.3 Å². The van der Waals surface area contributed by atoms with Crippen molar-refractivity contribution in [2.75, 3.05) is 5.32 Å². The van der Waals surface area contributed by atoms with Crippen LogP contribution in [-0.4, -0.2) is 35.7 Å². The number of aromatic amines is 1. The number of azo groups is 1. The van der Waals surface area contributed by atoms with Crippen LogP contribution in [0, 0.1) is 11.3 Å². The molecule has 1 unspecified atom stereocenters. The van der Waals surface area contributed by atoms with Crippen molar-refractivity contribution in [2.24, 2.45) is 10.2 Å². The second kappa shape index (κ2) is 9.88. The van der Waals surface area contributed by atoms with Gasteiger partial charge >= 0.3 is 0 Å². The second-order valence-corrected chi connectivity index (χ2v) is 7.69. The third kappa shape index (κ3) is 4.64. The number of para-hydroxylation sites is 3. The minimum atomic E-state index is -1.45. The lowest BCUT2D eigenvalue weighted by molar-refractivity contribution is -0.117. The third-order valence-electron chi connectivity index (χ3n) is 5.30. The molecule has 1 amide bonds. The first-order valence-electron chi connectivity index (χ1n) is 10.9. The Hall–Kier alpha value is -5.70. The van der Waals surface area contributed by atoms with E-state index in [1.807, 2.05) is 6.07 Å². The lowest BCUT2D eigenvalue weighted by Gasteiger charge is -2.13. The van der Waals surface area contributed by atoms with Crippen LogP contribution < -0.4 is 10.9 Å². The number of anilines is 1. The molecular weight excluding hydrogens is 474 g/mol. The van der Waals surface area contributed by atoms with Crippen molar-refractivity contribution >= 4 is 28.3 Å². The summed E-state index contributed by atoms with van der Waals surface area (Å²) >= 11 is 0. The number of carbonyl (C=O) groups is 1. The number of pyridine rings is 1. The van der Waals surface area contributed by atoms with Gasteiger partial charge in [0.1, 0.15) is 23.2 Å². The van der Waals surface area contributed by atoms with Crippen molar-refractivity contribution in [1.29, 1.82) is 5.26 Å². The number of amides is 1. The number of carbonyl (C=O) groups excluding carboxylic acids is 1. The standard InChI is InChI=1S/C25H17N9O3/c26-13-15-14-28-34(20-11-5-6-12-27-20)23(15)33-32-21(25(37)30-18-9-3-4-10-19(18)35)22-29-17-8-2-1-7-16(17)24(36)31-22/h1-12,14,21,35H,(H,30,37)(H,29,31,36). The number of phenolic OH excluding ortho intramolecular Hbond substituents is 1. The Bertz CT molecular complexity index is 1740. The molecule has 12 heteroatoms. The summed E-state index contributed by atoms with van der Waals surface area (Å²) in [5.74, 6) is -0.560. The van der Waals surface area contributed by atoms with Crippen molar-refractivity contribution < 1.29 is 9.90 Å². The molecule has 5 rings (SSSR count). The zero-order chi connectivity index (χ0) is 25.8. The maximum Gasteiger partial charge on any atom is 0.259 e. The highest BCUT2D eigenvalue weighted by Gasteiger charge is 2.26. The molecular formula is C25H17N9O3. The zero-order valence-corrected chi connectivity index (χ0v) is 19.0. The van der Waals surface area contributed by atoms with Crippen LogP contribution >= 0.6 is 0 Å². The smallest absolute Gasteiger partial charge is 0.259 e. The molecule has 2 aromatic carbocycles. The highest BCUT2D eigenvalue weighted by Crippen LogP contribution is 2.27. The summed E-state index contributed by atoms with van der Waals surface area (Å²) in [6.07, 6.45) is 2.85. The molecule has 3 N–H and O–H groups in total. The minimum absolute atomic E-state index is 0.0321. The Morgan fingerprint density at radius 2 is 1.89 bits per heavy atom. The van der Waals surface area contributed by atoms with Crippen LogP contribution in [0.4, 0.5) is 11.5 Å². The Morgan fingerprint density at radius 3 is 2.68 bits per heavy atom. The molecule has 0 bridgehead atoms. The van der Waals surface area contributed by atoms with E-state index >= 15 is 0 Å². The monoisotopic (exact) mass is 491 g/mol. The number of phenols is 1. The van der Waals surface area contributed by atoms with Crippen molar-refractivity contribution in [3.63, 3.8) is 0 Å². The van der Waals surface area contributed by atoms with E-state index in [0.29, 0.717) is 16.7 Å². The number of aromatic hydroxyl groups is 1. The van der Waals surface area contributed by atoms with Crippen molar-refractivity contribution in [2.45, 2.75) is 6.04 Å². The van der Waals surface area contributed by atoms with Gasteiger partial charge in [0.05, 0.1) is 22.8 Å². The Balaban J connectivity index is 1.61.